The maximum atomic E-state index is 4.76. The summed E-state index contributed by atoms with van der Waals surface area (Å²) in [5.74, 6) is 0. The van der Waals surface area contributed by atoms with E-state index in [0.29, 0.717) is 0 Å². The molecule has 0 saturated carbocycles. The first-order chi connectivity index (χ1) is 18.5. The van der Waals surface area contributed by atoms with Crippen LogP contribution in [-0.2, 0) is 10.8 Å². The summed E-state index contributed by atoms with van der Waals surface area (Å²) in [5, 5.41) is 0. The van der Waals surface area contributed by atoms with Crippen LogP contribution in [0, 0.1) is 0 Å². The smallest absolute Gasteiger partial charge is 0.0388 e. The Balaban J connectivity index is 1.76. The number of benzene rings is 2. The third-order valence-corrected chi connectivity index (χ3v) is 9.76. The molecule has 2 unspecified atom stereocenters. The minimum absolute atomic E-state index is 0.0287. The van der Waals surface area contributed by atoms with Gasteiger partial charge in [-0.3, -0.25) is 0 Å². The zero-order chi connectivity index (χ0) is 27.2. The van der Waals surface area contributed by atoms with Crippen LogP contribution in [0.4, 0.5) is 0 Å². The van der Waals surface area contributed by atoms with Crippen molar-refractivity contribution >= 4 is 5.57 Å². The van der Waals surface area contributed by atoms with E-state index >= 15 is 0 Å². The van der Waals surface area contributed by atoms with Crippen LogP contribution in [0.1, 0.15) is 140 Å². The molecule has 0 aliphatic heterocycles. The summed E-state index contributed by atoms with van der Waals surface area (Å²) in [6.45, 7) is 18.6. The third-order valence-electron chi connectivity index (χ3n) is 9.76. The van der Waals surface area contributed by atoms with Gasteiger partial charge >= 0.3 is 0 Å². The molecule has 2 aromatic rings. The molecule has 0 aromatic heterocycles. The molecule has 0 bridgehead atoms. The molecule has 0 N–H and O–H groups in total. The van der Waals surface area contributed by atoms with Gasteiger partial charge in [-0.05, 0) is 64.3 Å². The van der Waals surface area contributed by atoms with E-state index in [9.17, 15) is 0 Å². The Bertz CT molecular complexity index is 1160. The van der Waals surface area contributed by atoms with Gasteiger partial charge in [0, 0.05) is 10.8 Å². The molecule has 204 valence electrons. The van der Waals surface area contributed by atoms with E-state index in [4.69, 9.17) is 6.58 Å². The number of hydrogen-bond donors (Lipinski definition) is 0. The van der Waals surface area contributed by atoms with Gasteiger partial charge in [-0.2, -0.15) is 0 Å². The quantitative estimate of drug-likeness (QED) is 0.166. The van der Waals surface area contributed by atoms with Gasteiger partial charge in [0.05, 0.1) is 0 Å². The Kier molecular flexibility index (Phi) is 9.56. The standard InChI is InChI=1S/C38H52/c1-7-11-13-15-17-21-27-37(6)34-24-20-19-23-31(34)33-26-25-32-30(9-3)29(5)38(10-4,36(32)35(33)37)28-22-18-16-14-12-8-2/h9-10,19-20,23-26H,4-5,7-8,11-18,21-22,27-28H2,1-3,6H3. The molecular formula is C38H52. The molecule has 0 heteroatoms. The van der Waals surface area contributed by atoms with Gasteiger partial charge in [0.15, 0.2) is 0 Å². The normalized spacial score (nSPS) is 22.5. The van der Waals surface area contributed by atoms with Crippen molar-refractivity contribution in [2.75, 3.05) is 0 Å². The number of fused-ring (bicyclic) bond motifs is 5. The zero-order valence-corrected chi connectivity index (χ0v) is 24.9. The Labute approximate surface area is 234 Å². The summed E-state index contributed by atoms with van der Waals surface area (Å²) < 4.78 is 0. The van der Waals surface area contributed by atoms with Crippen molar-refractivity contribution in [2.24, 2.45) is 0 Å². The van der Waals surface area contributed by atoms with Crippen LogP contribution in [0.15, 0.2) is 67.3 Å². The van der Waals surface area contributed by atoms with E-state index < -0.39 is 0 Å². The van der Waals surface area contributed by atoms with Gasteiger partial charge in [-0.15, -0.1) is 6.58 Å². The molecular weight excluding hydrogens is 456 g/mol. The molecule has 0 nitrogen and oxygen atoms in total. The Hall–Kier alpha value is -2.34. The van der Waals surface area contributed by atoms with E-state index in [0.717, 1.165) is 6.42 Å². The maximum absolute atomic E-state index is 4.76. The largest absolute Gasteiger partial charge is 0.102 e. The van der Waals surface area contributed by atoms with Gasteiger partial charge in [-0.25, -0.2) is 0 Å². The minimum atomic E-state index is -0.169. The van der Waals surface area contributed by atoms with E-state index in [2.05, 4.69) is 82.8 Å². The van der Waals surface area contributed by atoms with Crippen molar-refractivity contribution in [3.05, 3.63) is 89.5 Å². The van der Waals surface area contributed by atoms with Gasteiger partial charge in [-0.1, -0.05) is 153 Å². The van der Waals surface area contributed by atoms with Crippen molar-refractivity contribution < 1.29 is 0 Å². The van der Waals surface area contributed by atoms with Crippen molar-refractivity contribution in [2.45, 2.75) is 128 Å². The summed E-state index contributed by atoms with van der Waals surface area (Å²) >= 11 is 0. The Morgan fingerprint density at radius 2 is 1.26 bits per heavy atom. The highest BCUT2D eigenvalue weighted by molar-refractivity contribution is 5.95. The molecule has 0 saturated heterocycles. The highest BCUT2D eigenvalue weighted by Gasteiger charge is 2.50. The fourth-order valence-electron chi connectivity index (χ4n) is 7.61. The average Bonchev–Trinajstić information content (AvgIpc) is 3.33. The molecule has 4 rings (SSSR count). The van der Waals surface area contributed by atoms with Crippen molar-refractivity contribution in [3.8, 4) is 11.1 Å². The monoisotopic (exact) mass is 508 g/mol. The summed E-state index contributed by atoms with van der Waals surface area (Å²) in [4.78, 5) is 0. The Morgan fingerprint density at radius 1 is 0.684 bits per heavy atom. The number of rotatable bonds is 15. The van der Waals surface area contributed by atoms with Crippen LogP contribution in [-0.4, -0.2) is 0 Å². The summed E-state index contributed by atoms with van der Waals surface area (Å²) in [5.41, 5.74) is 11.4. The topological polar surface area (TPSA) is 0 Å². The molecule has 2 aliphatic rings. The lowest BCUT2D eigenvalue weighted by molar-refractivity contribution is 0.464. The molecule has 2 atom stereocenters. The summed E-state index contributed by atoms with van der Waals surface area (Å²) in [7, 11) is 0. The average molecular weight is 509 g/mol. The number of unbranched alkanes of at least 4 members (excludes halogenated alkanes) is 10. The highest BCUT2D eigenvalue weighted by Crippen LogP contribution is 2.61. The lowest BCUT2D eigenvalue weighted by Crippen LogP contribution is -2.29. The first kappa shape index (κ1) is 28.7. The molecule has 0 spiro atoms. The second kappa shape index (κ2) is 12.7. The molecule has 2 aliphatic carbocycles. The maximum Gasteiger partial charge on any atom is 0.0388 e. The molecule has 0 amide bonds. The molecule has 2 aromatic carbocycles. The predicted octanol–water partition coefficient (Wildman–Crippen LogP) is 11.9. The van der Waals surface area contributed by atoms with Crippen molar-refractivity contribution in [3.63, 3.8) is 0 Å². The van der Waals surface area contributed by atoms with Crippen LogP contribution in [0.3, 0.4) is 0 Å². The first-order valence-electron chi connectivity index (χ1n) is 15.8. The van der Waals surface area contributed by atoms with Gasteiger partial charge in [0.1, 0.15) is 0 Å². The van der Waals surface area contributed by atoms with Crippen LogP contribution in [0.25, 0.3) is 16.7 Å². The highest BCUT2D eigenvalue weighted by atomic mass is 14.5. The third kappa shape index (κ3) is 5.01. The van der Waals surface area contributed by atoms with Gasteiger partial charge in [0.2, 0.25) is 0 Å². The molecule has 0 fully saturated rings. The lowest BCUT2D eigenvalue weighted by atomic mass is 9.67. The van der Waals surface area contributed by atoms with Crippen LogP contribution < -0.4 is 0 Å². The first-order valence-corrected chi connectivity index (χ1v) is 15.8. The zero-order valence-electron chi connectivity index (χ0n) is 24.9. The van der Waals surface area contributed by atoms with Gasteiger partial charge < -0.3 is 0 Å². The fraction of sp³-hybridized carbons (Fsp3) is 0.526. The van der Waals surface area contributed by atoms with E-state index in [1.54, 1.807) is 5.56 Å². The van der Waals surface area contributed by atoms with E-state index in [-0.39, 0.29) is 10.8 Å². The number of allylic oxidation sites excluding steroid dienone is 4. The minimum Gasteiger partial charge on any atom is -0.102 e. The second-order valence-corrected chi connectivity index (χ2v) is 12.2. The molecule has 0 heterocycles. The van der Waals surface area contributed by atoms with E-state index in [1.807, 2.05) is 0 Å². The van der Waals surface area contributed by atoms with Crippen LogP contribution in [0.5, 0.6) is 0 Å². The van der Waals surface area contributed by atoms with Gasteiger partial charge in [0.25, 0.3) is 0 Å². The summed E-state index contributed by atoms with van der Waals surface area (Å²) in [6, 6.07) is 14.0. The van der Waals surface area contributed by atoms with Crippen LogP contribution in [0.2, 0.25) is 0 Å². The fourth-order valence-corrected chi connectivity index (χ4v) is 7.61. The van der Waals surface area contributed by atoms with E-state index in [1.165, 1.54) is 122 Å². The molecule has 0 radical (unpaired) electrons. The molecule has 38 heavy (non-hydrogen) atoms. The predicted molar refractivity (Wildman–Crippen MR) is 169 cm³/mol. The number of hydrogen-bond acceptors (Lipinski definition) is 0. The lowest BCUT2D eigenvalue weighted by Gasteiger charge is -2.36. The summed E-state index contributed by atoms with van der Waals surface area (Å²) in [6.07, 6.45) is 22.8. The van der Waals surface area contributed by atoms with Crippen molar-refractivity contribution in [1.82, 2.24) is 0 Å². The second-order valence-electron chi connectivity index (χ2n) is 12.2. The SMILES string of the molecule is C=CC1(CCCCCCCC)C(=C)C(=CC)c2ccc3c(c21)C(C)(CCCCCCCC)c1ccccc1-3. The van der Waals surface area contributed by atoms with Crippen LogP contribution >= 0.6 is 0 Å². The van der Waals surface area contributed by atoms with Crippen molar-refractivity contribution in [1.29, 1.82) is 0 Å². The Morgan fingerprint density at radius 3 is 1.89 bits per heavy atom.